The molecule has 0 spiro atoms. The highest BCUT2D eigenvalue weighted by molar-refractivity contribution is 5.99. The van der Waals surface area contributed by atoms with Gasteiger partial charge in [0.15, 0.2) is 5.78 Å². The second-order valence-electron chi connectivity index (χ2n) is 5.08. The van der Waals surface area contributed by atoms with Crippen LogP contribution in [0.4, 0.5) is 4.39 Å². The molecule has 1 atom stereocenters. The van der Waals surface area contributed by atoms with Gasteiger partial charge in [0.05, 0.1) is 19.6 Å². The fourth-order valence-electron chi connectivity index (χ4n) is 2.40. The molecule has 0 bridgehead atoms. The zero-order valence-electron chi connectivity index (χ0n) is 11.6. The highest BCUT2D eigenvalue weighted by Crippen LogP contribution is 2.16. The van der Waals surface area contributed by atoms with Crippen molar-refractivity contribution in [3.8, 4) is 0 Å². The average molecular weight is 295 g/mol. The Balaban J connectivity index is 2.08. The Labute approximate surface area is 122 Å². The number of ketones is 1. The average Bonchev–Trinajstić information content (AvgIpc) is 2.47. The number of hydrogen-bond donors (Lipinski definition) is 1. The number of carboxylic acid groups (broad SMARTS) is 1. The van der Waals surface area contributed by atoms with Crippen LogP contribution in [0.1, 0.15) is 16.8 Å². The van der Waals surface area contributed by atoms with E-state index in [0.29, 0.717) is 38.4 Å². The van der Waals surface area contributed by atoms with Gasteiger partial charge in [0.1, 0.15) is 5.82 Å². The van der Waals surface area contributed by atoms with Gasteiger partial charge in [0, 0.05) is 31.1 Å². The molecule has 0 aromatic heterocycles. The van der Waals surface area contributed by atoms with Gasteiger partial charge in [-0.15, -0.1) is 0 Å². The van der Waals surface area contributed by atoms with Crippen LogP contribution in [0.3, 0.4) is 0 Å². The molecule has 114 valence electrons. The molecule has 1 aliphatic rings. The third-order valence-electron chi connectivity index (χ3n) is 3.50. The number of hydrogen-bond acceptors (Lipinski definition) is 4. The van der Waals surface area contributed by atoms with Crippen LogP contribution in [0.5, 0.6) is 0 Å². The van der Waals surface area contributed by atoms with Crippen LogP contribution in [0.15, 0.2) is 24.3 Å². The third kappa shape index (κ3) is 4.61. The van der Waals surface area contributed by atoms with E-state index in [0.717, 1.165) is 0 Å². The smallest absolute Gasteiger partial charge is 0.304 e. The summed E-state index contributed by atoms with van der Waals surface area (Å²) in [6.07, 6.45) is -0.229. The summed E-state index contributed by atoms with van der Waals surface area (Å²) in [6, 6.07) is 5.21. The molecule has 0 aliphatic carbocycles. The minimum absolute atomic E-state index is 0.229. The molecule has 1 heterocycles. The van der Waals surface area contributed by atoms with Gasteiger partial charge in [0.25, 0.3) is 0 Å². The van der Waals surface area contributed by atoms with Crippen LogP contribution in [0.2, 0.25) is 0 Å². The number of benzene rings is 1. The van der Waals surface area contributed by atoms with E-state index in [2.05, 4.69) is 0 Å². The van der Waals surface area contributed by atoms with Gasteiger partial charge in [0.2, 0.25) is 0 Å². The Morgan fingerprint density at radius 1 is 1.24 bits per heavy atom. The van der Waals surface area contributed by atoms with Crippen molar-refractivity contribution in [3.05, 3.63) is 35.6 Å². The van der Waals surface area contributed by atoms with Gasteiger partial charge in [-0.05, 0) is 24.3 Å². The van der Waals surface area contributed by atoms with E-state index in [1.54, 1.807) is 0 Å². The number of carbonyl (C=O) groups excluding carboxylic acids is 1. The topological polar surface area (TPSA) is 66.8 Å². The molecule has 2 rings (SSSR count). The summed E-state index contributed by atoms with van der Waals surface area (Å²) >= 11 is 0. The quantitative estimate of drug-likeness (QED) is 0.804. The first-order chi connectivity index (χ1) is 10.1. The molecule has 1 aromatic carbocycles. The second kappa shape index (κ2) is 7.28. The lowest BCUT2D eigenvalue weighted by Crippen LogP contribution is -2.41. The normalized spacial score (nSPS) is 17.4. The summed E-state index contributed by atoms with van der Waals surface area (Å²) in [6.45, 7) is 2.93. The van der Waals surface area contributed by atoms with Crippen LogP contribution < -0.4 is 0 Å². The minimum atomic E-state index is -1.01. The summed E-state index contributed by atoms with van der Waals surface area (Å²) in [5.74, 6) is -2.33. The summed E-state index contributed by atoms with van der Waals surface area (Å²) in [5.41, 5.74) is 0.343. The highest BCUT2D eigenvalue weighted by Gasteiger charge is 2.26. The molecule has 0 amide bonds. The van der Waals surface area contributed by atoms with E-state index >= 15 is 0 Å². The molecule has 6 heteroatoms. The number of rotatable bonds is 6. The van der Waals surface area contributed by atoms with E-state index in [4.69, 9.17) is 9.84 Å². The standard InChI is InChI=1S/C15H18FNO4/c16-13-3-1-11(2-4-13)15(20)12(9-14(18)19)10-17-5-7-21-8-6-17/h1-4,12H,5-10H2,(H,18,19). The predicted octanol–water partition coefficient (Wildman–Crippen LogP) is 1.43. The number of aliphatic carboxylic acids is 1. The molecular formula is C15H18FNO4. The molecular weight excluding hydrogens is 277 g/mol. The Morgan fingerprint density at radius 3 is 2.43 bits per heavy atom. The molecule has 0 saturated carbocycles. The van der Waals surface area contributed by atoms with Crippen molar-refractivity contribution < 1.29 is 23.8 Å². The Bertz CT molecular complexity index is 497. The van der Waals surface area contributed by atoms with E-state index in [1.165, 1.54) is 24.3 Å². The van der Waals surface area contributed by atoms with Crippen molar-refractivity contribution >= 4 is 11.8 Å². The summed E-state index contributed by atoms with van der Waals surface area (Å²) in [5, 5.41) is 9.00. The predicted molar refractivity (Wildman–Crippen MR) is 73.7 cm³/mol. The largest absolute Gasteiger partial charge is 0.481 e. The first kappa shape index (κ1) is 15.6. The van der Waals surface area contributed by atoms with Gasteiger partial charge >= 0.3 is 5.97 Å². The molecule has 1 fully saturated rings. The zero-order valence-corrected chi connectivity index (χ0v) is 11.6. The summed E-state index contributed by atoms with van der Waals surface area (Å²) in [7, 11) is 0. The van der Waals surface area contributed by atoms with Gasteiger partial charge in [-0.25, -0.2) is 4.39 Å². The lowest BCUT2D eigenvalue weighted by molar-refractivity contribution is -0.138. The lowest BCUT2D eigenvalue weighted by atomic mass is 9.94. The number of halogens is 1. The number of carbonyl (C=O) groups is 2. The van der Waals surface area contributed by atoms with Crippen LogP contribution in [-0.4, -0.2) is 54.6 Å². The van der Waals surface area contributed by atoms with Crippen molar-refractivity contribution in [3.63, 3.8) is 0 Å². The van der Waals surface area contributed by atoms with Crippen molar-refractivity contribution in [1.29, 1.82) is 0 Å². The fraction of sp³-hybridized carbons (Fsp3) is 0.467. The first-order valence-electron chi connectivity index (χ1n) is 6.88. The van der Waals surface area contributed by atoms with E-state index in [9.17, 15) is 14.0 Å². The number of ether oxygens (including phenoxy) is 1. The molecule has 0 radical (unpaired) electrons. The molecule has 1 aromatic rings. The number of Topliss-reactive ketones (excluding diaryl/α,β-unsaturated/α-hetero) is 1. The first-order valence-corrected chi connectivity index (χ1v) is 6.88. The van der Waals surface area contributed by atoms with E-state index in [-0.39, 0.29) is 12.2 Å². The minimum Gasteiger partial charge on any atom is -0.481 e. The van der Waals surface area contributed by atoms with Crippen molar-refractivity contribution in [2.45, 2.75) is 6.42 Å². The van der Waals surface area contributed by atoms with Crippen molar-refractivity contribution in [2.75, 3.05) is 32.8 Å². The highest BCUT2D eigenvalue weighted by atomic mass is 19.1. The third-order valence-corrected chi connectivity index (χ3v) is 3.50. The van der Waals surface area contributed by atoms with Gasteiger partial charge < -0.3 is 9.84 Å². The van der Waals surface area contributed by atoms with Gasteiger partial charge in [-0.1, -0.05) is 0 Å². The fourth-order valence-corrected chi connectivity index (χ4v) is 2.40. The van der Waals surface area contributed by atoms with Crippen LogP contribution in [0.25, 0.3) is 0 Å². The van der Waals surface area contributed by atoms with Gasteiger partial charge in [-0.3, -0.25) is 14.5 Å². The van der Waals surface area contributed by atoms with Crippen molar-refractivity contribution in [2.24, 2.45) is 5.92 Å². The van der Waals surface area contributed by atoms with Crippen molar-refractivity contribution in [1.82, 2.24) is 4.90 Å². The maximum absolute atomic E-state index is 12.9. The molecule has 1 N–H and O–H groups in total. The maximum Gasteiger partial charge on any atom is 0.304 e. The van der Waals surface area contributed by atoms with Crippen LogP contribution in [-0.2, 0) is 9.53 Å². The Hall–Kier alpha value is -1.79. The number of carboxylic acids is 1. The molecule has 1 aliphatic heterocycles. The molecule has 1 unspecified atom stereocenters. The number of morpholine rings is 1. The molecule has 21 heavy (non-hydrogen) atoms. The van der Waals surface area contributed by atoms with Gasteiger partial charge in [-0.2, -0.15) is 0 Å². The molecule has 1 saturated heterocycles. The van der Waals surface area contributed by atoms with Crippen LogP contribution >= 0.6 is 0 Å². The maximum atomic E-state index is 12.9. The Kier molecular flexibility index (Phi) is 5.41. The molecule has 5 nitrogen and oxygen atoms in total. The lowest BCUT2D eigenvalue weighted by Gasteiger charge is -2.29. The second-order valence-corrected chi connectivity index (χ2v) is 5.08. The van der Waals surface area contributed by atoms with Crippen LogP contribution in [0, 0.1) is 11.7 Å². The monoisotopic (exact) mass is 295 g/mol. The summed E-state index contributed by atoms with van der Waals surface area (Å²) < 4.78 is 18.1. The number of nitrogens with zero attached hydrogens (tertiary/aromatic N) is 1. The summed E-state index contributed by atoms with van der Waals surface area (Å²) in [4.78, 5) is 25.4. The zero-order chi connectivity index (χ0) is 15.2. The van der Waals surface area contributed by atoms with E-state index in [1.807, 2.05) is 4.90 Å². The Morgan fingerprint density at radius 2 is 1.86 bits per heavy atom. The SMILES string of the molecule is O=C(O)CC(CN1CCOCC1)C(=O)c1ccc(F)cc1. The van der Waals surface area contributed by atoms with E-state index < -0.39 is 17.7 Å².